The highest BCUT2D eigenvalue weighted by molar-refractivity contribution is 9.10. The molecule has 0 bridgehead atoms. The molecule has 0 fully saturated rings. The maximum absolute atomic E-state index is 12.2. The quantitative estimate of drug-likeness (QED) is 0.821. The standard InChI is InChI=1S/C16H18BrNO3S/c1-10(15-5-4-6-22-15)18-16(19)8-11-7-13(20-2)14(21-3)9-12(11)17/h4-7,9-10H,8H2,1-3H3,(H,18,19). The number of hydrogen-bond acceptors (Lipinski definition) is 4. The van der Waals surface area contributed by atoms with Crippen molar-refractivity contribution in [2.45, 2.75) is 19.4 Å². The van der Waals surface area contributed by atoms with E-state index in [0.29, 0.717) is 11.5 Å². The monoisotopic (exact) mass is 383 g/mol. The molecule has 22 heavy (non-hydrogen) atoms. The van der Waals surface area contributed by atoms with Crippen LogP contribution in [0.3, 0.4) is 0 Å². The number of halogens is 1. The van der Waals surface area contributed by atoms with E-state index < -0.39 is 0 Å². The molecule has 0 saturated heterocycles. The van der Waals surface area contributed by atoms with Crippen molar-refractivity contribution in [3.05, 3.63) is 44.6 Å². The zero-order valence-electron chi connectivity index (χ0n) is 12.7. The second kappa shape index (κ2) is 7.65. The number of ether oxygens (including phenoxy) is 2. The van der Waals surface area contributed by atoms with Gasteiger partial charge in [-0.2, -0.15) is 0 Å². The van der Waals surface area contributed by atoms with Crippen molar-refractivity contribution in [3.63, 3.8) is 0 Å². The Morgan fingerprint density at radius 1 is 1.32 bits per heavy atom. The van der Waals surface area contributed by atoms with E-state index in [0.717, 1.165) is 14.9 Å². The van der Waals surface area contributed by atoms with Crippen LogP contribution in [0.4, 0.5) is 0 Å². The molecule has 1 N–H and O–H groups in total. The summed E-state index contributed by atoms with van der Waals surface area (Å²) in [5.74, 6) is 1.21. The maximum Gasteiger partial charge on any atom is 0.224 e. The first-order valence-electron chi connectivity index (χ1n) is 6.78. The van der Waals surface area contributed by atoms with Crippen LogP contribution in [-0.2, 0) is 11.2 Å². The number of nitrogens with one attached hydrogen (secondary N) is 1. The molecular formula is C16H18BrNO3S. The van der Waals surface area contributed by atoms with Crippen LogP contribution in [-0.4, -0.2) is 20.1 Å². The van der Waals surface area contributed by atoms with Gasteiger partial charge in [0, 0.05) is 9.35 Å². The first-order valence-corrected chi connectivity index (χ1v) is 8.45. The van der Waals surface area contributed by atoms with E-state index in [1.165, 1.54) is 0 Å². The summed E-state index contributed by atoms with van der Waals surface area (Å²) < 4.78 is 11.3. The minimum absolute atomic E-state index is 0.00594. The molecule has 0 aliphatic heterocycles. The lowest BCUT2D eigenvalue weighted by molar-refractivity contribution is -0.121. The Balaban J connectivity index is 2.08. The second-order valence-corrected chi connectivity index (χ2v) is 6.61. The Labute approximate surface area is 142 Å². The van der Waals surface area contributed by atoms with E-state index in [2.05, 4.69) is 21.2 Å². The molecule has 1 aromatic heterocycles. The van der Waals surface area contributed by atoms with Gasteiger partial charge in [-0.05, 0) is 36.1 Å². The molecule has 1 aromatic carbocycles. The summed E-state index contributed by atoms with van der Waals surface area (Å²) in [7, 11) is 3.16. The topological polar surface area (TPSA) is 47.6 Å². The molecule has 1 atom stereocenters. The predicted octanol–water partition coefficient (Wildman–Crippen LogP) is 3.95. The van der Waals surface area contributed by atoms with Crippen LogP contribution >= 0.6 is 27.3 Å². The summed E-state index contributed by atoms with van der Waals surface area (Å²) in [5.41, 5.74) is 0.855. The number of amides is 1. The van der Waals surface area contributed by atoms with Crippen LogP contribution in [0.1, 0.15) is 23.4 Å². The number of methoxy groups -OCH3 is 2. The Morgan fingerprint density at radius 3 is 2.59 bits per heavy atom. The molecular weight excluding hydrogens is 366 g/mol. The third-order valence-corrected chi connectivity index (χ3v) is 5.04. The average molecular weight is 384 g/mol. The Bertz CT molecular complexity index is 643. The van der Waals surface area contributed by atoms with Gasteiger partial charge in [0.25, 0.3) is 0 Å². The van der Waals surface area contributed by atoms with Gasteiger partial charge in [0.15, 0.2) is 11.5 Å². The summed E-state index contributed by atoms with van der Waals surface area (Å²) in [6.07, 6.45) is 0.274. The second-order valence-electron chi connectivity index (χ2n) is 4.78. The Morgan fingerprint density at radius 2 is 2.00 bits per heavy atom. The van der Waals surface area contributed by atoms with E-state index in [1.807, 2.05) is 36.6 Å². The van der Waals surface area contributed by atoms with Crippen molar-refractivity contribution in [2.75, 3.05) is 14.2 Å². The van der Waals surface area contributed by atoms with E-state index in [-0.39, 0.29) is 18.4 Å². The van der Waals surface area contributed by atoms with Crippen molar-refractivity contribution >= 4 is 33.2 Å². The zero-order chi connectivity index (χ0) is 16.1. The van der Waals surface area contributed by atoms with Gasteiger partial charge < -0.3 is 14.8 Å². The van der Waals surface area contributed by atoms with Gasteiger partial charge >= 0.3 is 0 Å². The molecule has 2 rings (SSSR count). The van der Waals surface area contributed by atoms with Crippen LogP contribution in [0.2, 0.25) is 0 Å². The summed E-state index contributed by atoms with van der Waals surface area (Å²) in [4.78, 5) is 13.4. The van der Waals surface area contributed by atoms with Crippen LogP contribution < -0.4 is 14.8 Å². The fourth-order valence-electron chi connectivity index (χ4n) is 2.11. The maximum atomic E-state index is 12.2. The molecule has 0 aliphatic rings. The molecule has 0 radical (unpaired) electrons. The average Bonchev–Trinajstić information content (AvgIpc) is 3.03. The lowest BCUT2D eigenvalue weighted by Crippen LogP contribution is -2.27. The largest absolute Gasteiger partial charge is 0.493 e. The number of hydrogen-bond donors (Lipinski definition) is 1. The number of rotatable bonds is 6. The Kier molecular flexibility index (Phi) is 5.85. The van der Waals surface area contributed by atoms with Gasteiger partial charge in [0.1, 0.15) is 0 Å². The van der Waals surface area contributed by atoms with Crippen molar-refractivity contribution in [1.29, 1.82) is 0 Å². The van der Waals surface area contributed by atoms with Crippen molar-refractivity contribution in [1.82, 2.24) is 5.32 Å². The summed E-state index contributed by atoms with van der Waals surface area (Å²) >= 11 is 5.10. The zero-order valence-corrected chi connectivity index (χ0v) is 15.1. The van der Waals surface area contributed by atoms with Crippen LogP contribution in [0.25, 0.3) is 0 Å². The predicted molar refractivity (Wildman–Crippen MR) is 91.8 cm³/mol. The fraction of sp³-hybridized carbons (Fsp3) is 0.312. The van der Waals surface area contributed by atoms with Gasteiger partial charge in [-0.25, -0.2) is 0 Å². The van der Waals surface area contributed by atoms with Gasteiger partial charge in [-0.15, -0.1) is 11.3 Å². The van der Waals surface area contributed by atoms with Crippen LogP contribution in [0.5, 0.6) is 11.5 Å². The van der Waals surface area contributed by atoms with Gasteiger partial charge in [0.2, 0.25) is 5.91 Å². The van der Waals surface area contributed by atoms with Crippen molar-refractivity contribution in [3.8, 4) is 11.5 Å². The van der Waals surface area contributed by atoms with E-state index in [1.54, 1.807) is 25.6 Å². The van der Waals surface area contributed by atoms with E-state index in [9.17, 15) is 4.79 Å². The highest BCUT2D eigenvalue weighted by atomic mass is 79.9. The van der Waals surface area contributed by atoms with E-state index in [4.69, 9.17) is 9.47 Å². The molecule has 1 amide bonds. The normalized spacial score (nSPS) is 11.8. The number of carbonyl (C=O) groups is 1. The summed E-state index contributed by atoms with van der Waals surface area (Å²) in [5, 5.41) is 5.01. The first kappa shape index (κ1) is 16.8. The molecule has 0 aliphatic carbocycles. The van der Waals surface area contributed by atoms with Gasteiger partial charge in [-0.3, -0.25) is 4.79 Å². The molecule has 118 valence electrons. The molecule has 0 saturated carbocycles. The molecule has 1 unspecified atom stereocenters. The number of carbonyl (C=O) groups excluding carboxylic acids is 1. The molecule has 0 spiro atoms. The fourth-order valence-corrected chi connectivity index (χ4v) is 3.30. The Hall–Kier alpha value is -1.53. The number of thiophene rings is 1. The van der Waals surface area contributed by atoms with Crippen molar-refractivity contribution < 1.29 is 14.3 Å². The third kappa shape index (κ3) is 4.01. The highest BCUT2D eigenvalue weighted by Crippen LogP contribution is 2.33. The summed E-state index contributed by atoms with van der Waals surface area (Å²) in [6.45, 7) is 1.98. The van der Waals surface area contributed by atoms with Crippen LogP contribution in [0.15, 0.2) is 34.1 Å². The molecule has 2 aromatic rings. The van der Waals surface area contributed by atoms with Gasteiger partial charge in [-0.1, -0.05) is 22.0 Å². The van der Waals surface area contributed by atoms with Gasteiger partial charge in [0.05, 0.1) is 26.7 Å². The minimum atomic E-state index is -0.0335. The third-order valence-electron chi connectivity index (χ3n) is 3.25. The molecule has 6 heteroatoms. The smallest absolute Gasteiger partial charge is 0.224 e. The van der Waals surface area contributed by atoms with Crippen molar-refractivity contribution in [2.24, 2.45) is 0 Å². The lowest BCUT2D eigenvalue weighted by Gasteiger charge is -2.14. The first-order chi connectivity index (χ1) is 10.5. The minimum Gasteiger partial charge on any atom is -0.493 e. The molecule has 1 heterocycles. The lowest BCUT2D eigenvalue weighted by atomic mass is 10.1. The highest BCUT2D eigenvalue weighted by Gasteiger charge is 2.15. The summed E-state index contributed by atoms with van der Waals surface area (Å²) in [6, 6.07) is 7.63. The van der Waals surface area contributed by atoms with Crippen LogP contribution in [0, 0.1) is 0 Å². The molecule has 4 nitrogen and oxygen atoms in total. The van der Waals surface area contributed by atoms with E-state index >= 15 is 0 Å². The number of benzene rings is 1. The SMILES string of the molecule is COc1cc(Br)c(CC(=O)NC(C)c2cccs2)cc1OC.